The van der Waals surface area contributed by atoms with E-state index in [0.29, 0.717) is 11.3 Å². The molecule has 5 nitrogen and oxygen atoms in total. The lowest BCUT2D eigenvalue weighted by molar-refractivity contribution is -0.141. The number of nitrogens with one attached hydrogen (secondary N) is 2. The number of amides is 2. The van der Waals surface area contributed by atoms with Crippen molar-refractivity contribution in [2.45, 2.75) is 26.8 Å². The third-order valence-electron chi connectivity index (χ3n) is 2.68. The third kappa shape index (κ3) is 4.32. The molecule has 0 aromatic heterocycles. The normalized spacial score (nSPS) is 12.1. The first kappa shape index (κ1) is 15.6. The lowest BCUT2D eigenvalue weighted by Crippen LogP contribution is -2.50. The van der Waals surface area contributed by atoms with Gasteiger partial charge in [-0.25, -0.2) is 9.59 Å². The number of hydrogen-bond acceptors (Lipinski definition) is 2. The lowest BCUT2D eigenvalue weighted by Gasteiger charge is -2.27. The van der Waals surface area contributed by atoms with Crippen LogP contribution in [0.15, 0.2) is 24.3 Å². The zero-order chi connectivity index (χ0) is 15.3. The molecule has 0 bridgehead atoms. The van der Waals surface area contributed by atoms with Crippen molar-refractivity contribution in [1.29, 1.82) is 0 Å². The van der Waals surface area contributed by atoms with Crippen LogP contribution in [0.5, 0.6) is 0 Å². The molecule has 0 heterocycles. The topological polar surface area (TPSA) is 78.4 Å². The maximum Gasteiger partial charge on any atom is 0.326 e. The van der Waals surface area contributed by atoms with Crippen molar-refractivity contribution in [3.05, 3.63) is 29.8 Å². The number of carboxylic acid groups (broad SMARTS) is 1. The zero-order valence-electron chi connectivity index (χ0n) is 11.7. The largest absolute Gasteiger partial charge is 0.480 e. The molecule has 3 N–H and O–H groups in total. The minimum Gasteiger partial charge on any atom is -0.480 e. The molecular formula is C15H18N2O3. The van der Waals surface area contributed by atoms with Crippen molar-refractivity contribution in [2.75, 3.05) is 5.32 Å². The molecule has 1 atom stereocenters. The Kier molecular flexibility index (Phi) is 4.76. The van der Waals surface area contributed by atoms with Gasteiger partial charge < -0.3 is 15.7 Å². The van der Waals surface area contributed by atoms with Crippen molar-refractivity contribution in [3.63, 3.8) is 0 Å². The van der Waals surface area contributed by atoms with E-state index >= 15 is 0 Å². The Morgan fingerprint density at radius 1 is 1.35 bits per heavy atom. The molecule has 0 saturated heterocycles. The molecule has 0 aliphatic heterocycles. The summed E-state index contributed by atoms with van der Waals surface area (Å²) in [5, 5.41) is 14.1. The number of terminal acetylenes is 1. The molecule has 5 heteroatoms. The van der Waals surface area contributed by atoms with Gasteiger partial charge in [0.15, 0.2) is 0 Å². The van der Waals surface area contributed by atoms with E-state index < -0.39 is 23.5 Å². The van der Waals surface area contributed by atoms with Gasteiger partial charge in [-0.3, -0.25) is 0 Å². The summed E-state index contributed by atoms with van der Waals surface area (Å²) in [6, 6.07) is 5.18. The second-order valence-electron chi connectivity index (χ2n) is 5.46. The maximum atomic E-state index is 11.8. The molecule has 1 aromatic rings. The van der Waals surface area contributed by atoms with Gasteiger partial charge in [-0.05, 0) is 23.6 Å². The number of benzene rings is 1. The van der Waals surface area contributed by atoms with Crippen LogP contribution in [0.1, 0.15) is 26.3 Å². The predicted octanol–water partition coefficient (Wildman–Crippen LogP) is 2.29. The molecule has 106 valence electrons. The van der Waals surface area contributed by atoms with Crippen LogP contribution >= 0.6 is 0 Å². The number of aliphatic carboxylic acids is 1. The number of hydrogen-bond donors (Lipinski definition) is 3. The number of anilines is 1. The van der Waals surface area contributed by atoms with Crippen molar-refractivity contribution in [2.24, 2.45) is 5.41 Å². The van der Waals surface area contributed by atoms with Crippen molar-refractivity contribution >= 4 is 17.7 Å². The first-order chi connectivity index (χ1) is 9.24. The van der Waals surface area contributed by atoms with E-state index in [2.05, 4.69) is 16.6 Å². The zero-order valence-corrected chi connectivity index (χ0v) is 11.7. The Morgan fingerprint density at radius 2 is 2.00 bits per heavy atom. The molecule has 1 aromatic carbocycles. The lowest BCUT2D eigenvalue weighted by atomic mass is 9.87. The van der Waals surface area contributed by atoms with Gasteiger partial charge in [0.25, 0.3) is 0 Å². The van der Waals surface area contributed by atoms with Gasteiger partial charge in [-0.1, -0.05) is 32.8 Å². The molecule has 20 heavy (non-hydrogen) atoms. The monoisotopic (exact) mass is 274 g/mol. The number of rotatable bonds is 3. The summed E-state index contributed by atoms with van der Waals surface area (Å²) in [7, 11) is 0. The first-order valence-corrected chi connectivity index (χ1v) is 6.11. The summed E-state index contributed by atoms with van der Waals surface area (Å²) < 4.78 is 0. The smallest absolute Gasteiger partial charge is 0.326 e. The van der Waals surface area contributed by atoms with Crippen molar-refractivity contribution in [3.8, 4) is 12.3 Å². The van der Waals surface area contributed by atoms with Gasteiger partial charge in [-0.2, -0.15) is 0 Å². The number of urea groups is 1. The Balaban J connectivity index is 2.76. The highest BCUT2D eigenvalue weighted by atomic mass is 16.4. The van der Waals surface area contributed by atoms with Crippen LogP contribution in [-0.4, -0.2) is 23.1 Å². The van der Waals surface area contributed by atoms with Crippen LogP contribution in [0.2, 0.25) is 0 Å². The SMILES string of the molecule is C#Cc1cccc(NC(=O)N[C@@H](C(=O)O)C(C)(C)C)c1. The predicted molar refractivity (Wildman–Crippen MR) is 77.4 cm³/mol. The van der Waals surface area contributed by atoms with E-state index in [1.165, 1.54) is 0 Å². The van der Waals surface area contributed by atoms with E-state index in [9.17, 15) is 9.59 Å². The molecule has 1 rings (SSSR count). The highest BCUT2D eigenvalue weighted by Crippen LogP contribution is 2.19. The highest BCUT2D eigenvalue weighted by molar-refractivity contribution is 5.92. The van der Waals surface area contributed by atoms with E-state index in [1.54, 1.807) is 45.0 Å². The summed E-state index contributed by atoms with van der Waals surface area (Å²) >= 11 is 0. The first-order valence-electron chi connectivity index (χ1n) is 6.11. The van der Waals surface area contributed by atoms with Crippen LogP contribution in [0.3, 0.4) is 0 Å². The fourth-order valence-corrected chi connectivity index (χ4v) is 1.63. The van der Waals surface area contributed by atoms with Gasteiger partial charge >= 0.3 is 12.0 Å². The highest BCUT2D eigenvalue weighted by Gasteiger charge is 2.32. The molecule has 0 fully saturated rings. The van der Waals surface area contributed by atoms with Crippen molar-refractivity contribution < 1.29 is 14.7 Å². The Morgan fingerprint density at radius 3 is 2.50 bits per heavy atom. The number of carbonyl (C=O) groups excluding carboxylic acids is 1. The van der Waals surface area contributed by atoms with Crippen LogP contribution < -0.4 is 10.6 Å². The molecule has 2 amide bonds. The van der Waals surface area contributed by atoms with Gasteiger partial charge in [0.05, 0.1) is 0 Å². The maximum absolute atomic E-state index is 11.8. The standard InChI is InChI=1S/C15H18N2O3/c1-5-10-7-6-8-11(9-10)16-14(20)17-12(13(18)19)15(2,3)4/h1,6-9,12H,2-4H3,(H,18,19)(H2,16,17,20)/t12-/m0/s1. The molecular weight excluding hydrogens is 256 g/mol. The van der Waals surface area contributed by atoms with Gasteiger partial charge in [0.1, 0.15) is 6.04 Å². The fraction of sp³-hybridized carbons (Fsp3) is 0.333. The van der Waals surface area contributed by atoms with Crippen LogP contribution in [0.4, 0.5) is 10.5 Å². The van der Waals surface area contributed by atoms with E-state index in [4.69, 9.17) is 11.5 Å². The Labute approximate surface area is 118 Å². The quantitative estimate of drug-likeness (QED) is 0.740. The Bertz CT molecular complexity index is 553. The molecule has 0 radical (unpaired) electrons. The van der Waals surface area contributed by atoms with E-state index in [1.807, 2.05) is 0 Å². The summed E-state index contributed by atoms with van der Waals surface area (Å²) in [4.78, 5) is 23.0. The second kappa shape index (κ2) is 6.11. The van der Waals surface area contributed by atoms with Gasteiger partial charge in [-0.15, -0.1) is 6.42 Å². The van der Waals surface area contributed by atoms with Crippen molar-refractivity contribution in [1.82, 2.24) is 5.32 Å². The van der Waals surface area contributed by atoms with Crippen LogP contribution in [0.25, 0.3) is 0 Å². The van der Waals surface area contributed by atoms with Crippen LogP contribution in [-0.2, 0) is 4.79 Å². The summed E-state index contributed by atoms with van der Waals surface area (Å²) in [6.45, 7) is 5.22. The molecule has 0 saturated carbocycles. The average Bonchev–Trinajstić information content (AvgIpc) is 2.34. The van der Waals surface area contributed by atoms with Gasteiger partial charge in [0.2, 0.25) is 0 Å². The minimum atomic E-state index is -1.08. The minimum absolute atomic E-state index is 0.510. The molecule has 0 aliphatic rings. The molecule has 0 unspecified atom stereocenters. The summed E-state index contributed by atoms with van der Waals surface area (Å²) in [5.74, 6) is 1.38. The van der Waals surface area contributed by atoms with Gasteiger partial charge in [0, 0.05) is 11.3 Å². The summed E-state index contributed by atoms with van der Waals surface area (Å²) in [6.07, 6.45) is 5.27. The summed E-state index contributed by atoms with van der Waals surface area (Å²) in [5.41, 5.74) is 0.550. The molecule has 0 spiro atoms. The number of carbonyl (C=O) groups is 2. The molecule has 0 aliphatic carbocycles. The van der Waals surface area contributed by atoms with Crippen LogP contribution in [0, 0.1) is 17.8 Å². The fourth-order valence-electron chi connectivity index (χ4n) is 1.63. The average molecular weight is 274 g/mol. The van der Waals surface area contributed by atoms with E-state index in [0.717, 1.165) is 0 Å². The van der Waals surface area contributed by atoms with E-state index in [-0.39, 0.29) is 0 Å². The third-order valence-corrected chi connectivity index (χ3v) is 2.68. The Hall–Kier alpha value is -2.48. The number of carboxylic acids is 1. The second-order valence-corrected chi connectivity index (χ2v) is 5.46.